The van der Waals surface area contributed by atoms with Crippen LogP contribution in [0.25, 0.3) is 5.69 Å². The molecule has 2 N–H and O–H groups in total. The molecule has 5 nitrogen and oxygen atoms in total. The van der Waals surface area contributed by atoms with E-state index >= 15 is 0 Å². The molecule has 0 atom stereocenters. The van der Waals surface area contributed by atoms with Crippen molar-refractivity contribution >= 4 is 17.3 Å². The van der Waals surface area contributed by atoms with Gasteiger partial charge in [-0.2, -0.15) is 5.10 Å². The molecule has 0 fully saturated rings. The predicted molar refractivity (Wildman–Crippen MR) is 96.6 cm³/mol. The predicted octanol–water partition coefficient (Wildman–Crippen LogP) is 3.54. The topological polar surface area (TPSA) is 59.0 Å². The Kier molecular flexibility index (Phi) is 4.61. The molecule has 24 heavy (non-hydrogen) atoms. The lowest BCUT2D eigenvalue weighted by atomic mass is 10.3. The van der Waals surface area contributed by atoms with Crippen LogP contribution in [0.15, 0.2) is 60.7 Å². The molecule has 3 aromatic rings. The summed E-state index contributed by atoms with van der Waals surface area (Å²) in [5.74, 6) is -0.0994. The van der Waals surface area contributed by atoms with Gasteiger partial charge in [-0.1, -0.05) is 36.4 Å². The molecule has 0 bridgehead atoms. The first-order chi connectivity index (χ1) is 11.6. The van der Waals surface area contributed by atoms with Crippen LogP contribution < -0.4 is 10.6 Å². The molecule has 0 radical (unpaired) electrons. The van der Waals surface area contributed by atoms with Gasteiger partial charge in [0.05, 0.1) is 29.3 Å². The normalized spacial score (nSPS) is 10.4. The first-order valence-corrected chi connectivity index (χ1v) is 7.85. The molecule has 3 rings (SSSR count). The smallest absolute Gasteiger partial charge is 0.243 e. The zero-order valence-corrected chi connectivity index (χ0v) is 13.8. The molecule has 1 amide bonds. The lowest BCUT2D eigenvalue weighted by Crippen LogP contribution is -2.22. The highest BCUT2D eigenvalue weighted by molar-refractivity contribution is 5.94. The second-order valence-electron chi connectivity index (χ2n) is 5.56. The molecule has 0 spiro atoms. The first-order valence-electron chi connectivity index (χ1n) is 7.85. The summed E-state index contributed by atoms with van der Waals surface area (Å²) >= 11 is 0. The van der Waals surface area contributed by atoms with Crippen LogP contribution in [0.5, 0.6) is 0 Å². The summed E-state index contributed by atoms with van der Waals surface area (Å²) in [6.45, 7) is 4.05. The van der Waals surface area contributed by atoms with E-state index in [9.17, 15) is 4.79 Å². The number of aryl methyl sites for hydroxylation is 1. The Morgan fingerprint density at radius 1 is 1.00 bits per heavy atom. The number of anilines is 2. The van der Waals surface area contributed by atoms with E-state index in [1.807, 2.05) is 79.2 Å². The first kappa shape index (κ1) is 15.8. The minimum Gasteiger partial charge on any atom is -0.376 e. The van der Waals surface area contributed by atoms with E-state index in [1.165, 1.54) is 0 Å². The third-order valence-electron chi connectivity index (χ3n) is 3.78. The molecular weight excluding hydrogens is 300 g/mol. The van der Waals surface area contributed by atoms with Crippen LogP contribution >= 0.6 is 0 Å². The van der Waals surface area contributed by atoms with E-state index in [0.29, 0.717) is 0 Å². The maximum absolute atomic E-state index is 12.2. The van der Waals surface area contributed by atoms with Crippen LogP contribution in [0.2, 0.25) is 0 Å². The zero-order chi connectivity index (χ0) is 16.9. The van der Waals surface area contributed by atoms with Crippen LogP contribution in [0.1, 0.15) is 11.4 Å². The number of para-hydroxylation sites is 2. The zero-order valence-electron chi connectivity index (χ0n) is 13.8. The summed E-state index contributed by atoms with van der Waals surface area (Å²) < 4.78 is 1.84. The van der Waals surface area contributed by atoms with E-state index in [4.69, 9.17) is 0 Å². The van der Waals surface area contributed by atoms with Gasteiger partial charge < -0.3 is 10.6 Å². The van der Waals surface area contributed by atoms with Crippen molar-refractivity contribution in [3.63, 3.8) is 0 Å². The van der Waals surface area contributed by atoms with Crippen molar-refractivity contribution in [3.8, 4) is 5.69 Å². The van der Waals surface area contributed by atoms with Crippen molar-refractivity contribution in [2.45, 2.75) is 13.8 Å². The quantitative estimate of drug-likeness (QED) is 0.756. The number of hydrogen-bond donors (Lipinski definition) is 2. The Hall–Kier alpha value is -3.08. The summed E-state index contributed by atoms with van der Waals surface area (Å²) in [7, 11) is 0. The fourth-order valence-electron chi connectivity index (χ4n) is 2.57. The van der Waals surface area contributed by atoms with Crippen LogP contribution in [0.3, 0.4) is 0 Å². The van der Waals surface area contributed by atoms with Gasteiger partial charge in [0.2, 0.25) is 5.91 Å². The van der Waals surface area contributed by atoms with Gasteiger partial charge in [-0.05, 0) is 38.1 Å². The molecule has 0 saturated heterocycles. The van der Waals surface area contributed by atoms with Crippen molar-refractivity contribution in [2.24, 2.45) is 0 Å². The summed E-state index contributed by atoms with van der Waals surface area (Å²) in [5.41, 5.74) is 4.36. The average molecular weight is 320 g/mol. The third-order valence-corrected chi connectivity index (χ3v) is 3.78. The lowest BCUT2D eigenvalue weighted by molar-refractivity contribution is -0.114. The van der Waals surface area contributed by atoms with Crippen molar-refractivity contribution in [2.75, 3.05) is 17.2 Å². The standard InChI is InChI=1S/C19H20N4O/c1-14-19(15(2)23(22-14)17-11-7-4-8-12-17)21-18(24)13-20-16-9-5-3-6-10-16/h3-12,20H,13H2,1-2H3,(H,21,24). The van der Waals surface area contributed by atoms with Crippen LogP contribution in [0.4, 0.5) is 11.4 Å². The SMILES string of the molecule is Cc1nn(-c2ccccc2)c(C)c1NC(=O)CNc1ccccc1. The van der Waals surface area contributed by atoms with Crippen molar-refractivity contribution in [3.05, 3.63) is 72.1 Å². The fraction of sp³-hybridized carbons (Fsp3) is 0.158. The lowest BCUT2D eigenvalue weighted by Gasteiger charge is -2.08. The molecule has 1 aromatic heterocycles. The molecule has 0 aliphatic heterocycles. The highest BCUT2D eigenvalue weighted by Gasteiger charge is 2.14. The summed E-state index contributed by atoms with van der Waals surface area (Å²) in [6.07, 6.45) is 0. The van der Waals surface area contributed by atoms with Crippen LogP contribution in [-0.4, -0.2) is 22.2 Å². The monoisotopic (exact) mass is 320 g/mol. The van der Waals surface area contributed by atoms with Crippen LogP contribution in [-0.2, 0) is 4.79 Å². The van der Waals surface area contributed by atoms with E-state index in [2.05, 4.69) is 15.7 Å². The Morgan fingerprint density at radius 3 is 2.29 bits per heavy atom. The second kappa shape index (κ2) is 7.00. The van der Waals surface area contributed by atoms with Gasteiger partial charge in [-0.15, -0.1) is 0 Å². The summed E-state index contributed by atoms with van der Waals surface area (Å²) in [5, 5.41) is 10.6. The number of carbonyl (C=O) groups is 1. The highest BCUT2D eigenvalue weighted by Crippen LogP contribution is 2.22. The molecule has 122 valence electrons. The van der Waals surface area contributed by atoms with Crippen molar-refractivity contribution in [1.82, 2.24) is 9.78 Å². The maximum atomic E-state index is 12.2. The Labute approximate surface area is 141 Å². The minimum absolute atomic E-state index is 0.0994. The number of amides is 1. The molecule has 0 unspecified atom stereocenters. The van der Waals surface area contributed by atoms with Crippen LogP contribution in [0, 0.1) is 13.8 Å². The average Bonchev–Trinajstić information content (AvgIpc) is 2.90. The minimum atomic E-state index is -0.0994. The number of nitrogens with one attached hydrogen (secondary N) is 2. The summed E-state index contributed by atoms with van der Waals surface area (Å²) in [4.78, 5) is 12.2. The Bertz CT molecular complexity index is 825. The molecule has 1 heterocycles. The van der Waals surface area contributed by atoms with E-state index in [-0.39, 0.29) is 12.5 Å². The molecule has 2 aromatic carbocycles. The number of hydrogen-bond acceptors (Lipinski definition) is 3. The second-order valence-corrected chi connectivity index (χ2v) is 5.56. The summed E-state index contributed by atoms with van der Waals surface area (Å²) in [6, 6.07) is 19.5. The Morgan fingerprint density at radius 2 is 1.62 bits per heavy atom. The highest BCUT2D eigenvalue weighted by atomic mass is 16.1. The van der Waals surface area contributed by atoms with E-state index < -0.39 is 0 Å². The van der Waals surface area contributed by atoms with E-state index in [1.54, 1.807) is 0 Å². The molecule has 0 saturated carbocycles. The number of nitrogens with zero attached hydrogens (tertiary/aromatic N) is 2. The van der Waals surface area contributed by atoms with Gasteiger partial charge in [-0.25, -0.2) is 4.68 Å². The number of carbonyl (C=O) groups excluding carboxylic acids is 1. The van der Waals surface area contributed by atoms with Gasteiger partial charge in [0.1, 0.15) is 0 Å². The number of rotatable bonds is 5. The van der Waals surface area contributed by atoms with Gasteiger partial charge in [-0.3, -0.25) is 4.79 Å². The molecule has 0 aliphatic rings. The maximum Gasteiger partial charge on any atom is 0.243 e. The van der Waals surface area contributed by atoms with Crippen molar-refractivity contribution < 1.29 is 4.79 Å². The van der Waals surface area contributed by atoms with Gasteiger partial charge in [0, 0.05) is 5.69 Å². The number of benzene rings is 2. The number of aromatic nitrogens is 2. The van der Waals surface area contributed by atoms with E-state index in [0.717, 1.165) is 28.5 Å². The van der Waals surface area contributed by atoms with Crippen molar-refractivity contribution in [1.29, 1.82) is 0 Å². The van der Waals surface area contributed by atoms with Gasteiger partial charge in [0.15, 0.2) is 0 Å². The Balaban J connectivity index is 1.71. The molecular formula is C19H20N4O. The largest absolute Gasteiger partial charge is 0.376 e. The molecule has 0 aliphatic carbocycles. The fourth-order valence-corrected chi connectivity index (χ4v) is 2.57. The molecule has 5 heteroatoms. The van der Waals surface area contributed by atoms with Gasteiger partial charge >= 0.3 is 0 Å². The van der Waals surface area contributed by atoms with Gasteiger partial charge in [0.25, 0.3) is 0 Å². The third kappa shape index (κ3) is 3.46.